The third-order valence-corrected chi connectivity index (χ3v) is 7.34. The maximum Gasteiger partial charge on any atom is 0.435 e. The van der Waals surface area contributed by atoms with Crippen molar-refractivity contribution in [1.82, 2.24) is 9.97 Å². The summed E-state index contributed by atoms with van der Waals surface area (Å²) in [6, 6.07) is 4.21. The molecule has 0 atom stereocenters. The number of amides is 1. The average Bonchev–Trinajstić information content (AvgIpc) is 3.26. The Labute approximate surface area is 196 Å². The number of nitrogens with one attached hydrogen (secondary N) is 1. The Morgan fingerprint density at radius 1 is 1.19 bits per heavy atom. The number of aromatic nitrogens is 2. The molecule has 4 rings (SSSR count). The molecule has 13 heteroatoms. The quantitative estimate of drug-likeness (QED) is 0.397. The molecule has 0 fully saturated rings. The van der Waals surface area contributed by atoms with Gasteiger partial charge in [0.25, 0.3) is 5.91 Å². The van der Waals surface area contributed by atoms with E-state index >= 15 is 0 Å². The van der Waals surface area contributed by atoms with Crippen molar-refractivity contribution in [1.29, 1.82) is 0 Å². The highest BCUT2D eigenvalue weighted by molar-refractivity contribution is 8.01. The molecule has 1 amide bonds. The van der Waals surface area contributed by atoms with E-state index < -0.39 is 28.4 Å². The van der Waals surface area contributed by atoms with Crippen molar-refractivity contribution < 1.29 is 28.2 Å². The highest BCUT2D eigenvalue weighted by atomic mass is 35.5. The van der Waals surface area contributed by atoms with Gasteiger partial charge in [0.1, 0.15) is 4.88 Å². The lowest BCUT2D eigenvalue weighted by molar-refractivity contribution is -0.141. The van der Waals surface area contributed by atoms with Crippen molar-refractivity contribution in [3.63, 3.8) is 0 Å². The molecule has 2 aromatic heterocycles. The molecule has 0 spiro atoms. The van der Waals surface area contributed by atoms with Gasteiger partial charge in [-0.3, -0.25) is 9.78 Å². The van der Waals surface area contributed by atoms with Crippen LogP contribution < -0.4 is 5.32 Å². The summed E-state index contributed by atoms with van der Waals surface area (Å²) in [4.78, 5) is 19.6. The second kappa shape index (κ2) is 8.32. The molecule has 6 nitrogen and oxygen atoms in total. The number of halogens is 5. The Kier molecular flexibility index (Phi) is 5.99. The monoisotopic (exact) mass is 519 g/mol. The number of anilines is 1. The van der Waals surface area contributed by atoms with E-state index in [1.165, 1.54) is 36.7 Å². The molecule has 3 aromatic rings. The van der Waals surface area contributed by atoms with Crippen LogP contribution in [0.2, 0.25) is 10.0 Å². The number of rotatable bonds is 4. The van der Waals surface area contributed by atoms with E-state index in [1.807, 2.05) is 0 Å². The van der Waals surface area contributed by atoms with E-state index in [0.29, 0.717) is 16.9 Å². The zero-order valence-corrected chi connectivity index (χ0v) is 18.6. The van der Waals surface area contributed by atoms with Gasteiger partial charge in [-0.2, -0.15) is 13.2 Å². The third kappa shape index (κ3) is 4.49. The summed E-state index contributed by atoms with van der Waals surface area (Å²) in [5, 5.41) is 22.5. The van der Waals surface area contributed by atoms with E-state index in [9.17, 15) is 28.2 Å². The fourth-order valence-electron chi connectivity index (χ4n) is 2.86. The summed E-state index contributed by atoms with van der Waals surface area (Å²) >= 11 is 13.3. The van der Waals surface area contributed by atoms with E-state index in [0.717, 1.165) is 17.8 Å². The number of hydrogen-bond donors (Lipinski definition) is 3. The Balaban J connectivity index is 1.65. The molecule has 1 aromatic carbocycles. The second-order valence-corrected chi connectivity index (χ2v) is 9.58. The molecular weight excluding hydrogens is 510 g/mol. The molecule has 0 unspecified atom stereocenters. The second-order valence-electron chi connectivity index (χ2n) is 6.51. The van der Waals surface area contributed by atoms with Gasteiger partial charge in [-0.1, -0.05) is 47.1 Å². The Morgan fingerprint density at radius 2 is 1.88 bits per heavy atom. The number of fused-ring (bicyclic) bond motifs is 1. The Hall–Kier alpha value is -2.15. The number of pyridine rings is 1. The van der Waals surface area contributed by atoms with Crippen molar-refractivity contribution in [2.24, 2.45) is 0 Å². The standard InChI is InChI=1S/C19H10Cl2F3N3O3S2/c20-11-6-25-7-12(21)13(11)31-17-27-15(19(22,23)24)14(32-17)16(28)26-9-2-1-8-3-4-18(29,30)10(8)5-9/h1-7,29-30H,(H,26,28). The van der Waals surface area contributed by atoms with Gasteiger partial charge >= 0.3 is 6.18 Å². The molecule has 1 aliphatic rings. The summed E-state index contributed by atoms with van der Waals surface area (Å²) in [5.74, 6) is -3.29. The number of alkyl halides is 3. The maximum atomic E-state index is 13.6. The Morgan fingerprint density at radius 3 is 2.53 bits per heavy atom. The van der Waals surface area contributed by atoms with Crippen LogP contribution in [0.25, 0.3) is 6.08 Å². The minimum atomic E-state index is -4.89. The van der Waals surface area contributed by atoms with Crippen LogP contribution >= 0.6 is 46.3 Å². The normalized spacial score (nSPS) is 14.5. The molecule has 2 heterocycles. The summed E-state index contributed by atoms with van der Waals surface area (Å²) in [6.07, 6.45) is 0.304. The molecular formula is C19H10Cl2F3N3O3S2. The van der Waals surface area contributed by atoms with Gasteiger partial charge in [0.2, 0.25) is 5.79 Å². The first-order valence-corrected chi connectivity index (χ1v) is 11.0. The molecule has 0 bridgehead atoms. The molecule has 1 aliphatic carbocycles. The van der Waals surface area contributed by atoms with E-state index in [-0.39, 0.29) is 30.5 Å². The van der Waals surface area contributed by atoms with Crippen LogP contribution in [0.3, 0.4) is 0 Å². The smallest absolute Gasteiger partial charge is 0.359 e. The molecule has 3 N–H and O–H groups in total. The summed E-state index contributed by atoms with van der Waals surface area (Å²) in [6.45, 7) is 0. The highest BCUT2D eigenvalue weighted by Crippen LogP contribution is 2.43. The van der Waals surface area contributed by atoms with Gasteiger partial charge in [0.05, 0.1) is 14.9 Å². The molecule has 0 saturated heterocycles. The lowest BCUT2D eigenvalue weighted by Gasteiger charge is -2.16. The lowest BCUT2D eigenvalue weighted by atomic mass is 10.1. The van der Waals surface area contributed by atoms with Gasteiger partial charge < -0.3 is 15.5 Å². The van der Waals surface area contributed by atoms with Crippen LogP contribution in [0.15, 0.2) is 45.9 Å². The van der Waals surface area contributed by atoms with Gasteiger partial charge in [-0.25, -0.2) is 4.98 Å². The third-order valence-electron chi connectivity index (χ3n) is 4.28. The van der Waals surface area contributed by atoms with Crippen molar-refractivity contribution in [2.45, 2.75) is 21.2 Å². The first kappa shape index (κ1) is 23.0. The number of carbonyl (C=O) groups excluding carboxylic acids is 1. The summed E-state index contributed by atoms with van der Waals surface area (Å²) < 4.78 is 40.6. The van der Waals surface area contributed by atoms with Gasteiger partial charge in [0, 0.05) is 23.6 Å². The Bertz CT molecular complexity index is 1240. The minimum Gasteiger partial charge on any atom is -0.359 e. The first-order valence-electron chi connectivity index (χ1n) is 8.60. The van der Waals surface area contributed by atoms with E-state index in [2.05, 4.69) is 15.3 Å². The van der Waals surface area contributed by atoms with Crippen LogP contribution in [0.5, 0.6) is 0 Å². The highest BCUT2D eigenvalue weighted by Gasteiger charge is 2.40. The van der Waals surface area contributed by atoms with Crippen molar-refractivity contribution in [2.75, 3.05) is 5.32 Å². The molecule has 0 saturated carbocycles. The fraction of sp³-hybridized carbons (Fsp3) is 0.105. The molecule has 166 valence electrons. The maximum absolute atomic E-state index is 13.6. The number of benzene rings is 1. The molecule has 32 heavy (non-hydrogen) atoms. The first-order chi connectivity index (χ1) is 15.0. The van der Waals surface area contributed by atoms with Crippen molar-refractivity contribution in [3.8, 4) is 0 Å². The zero-order chi connectivity index (χ0) is 23.3. The van der Waals surface area contributed by atoms with Gasteiger partial charge in [-0.15, -0.1) is 11.3 Å². The summed E-state index contributed by atoms with van der Waals surface area (Å²) in [5.41, 5.74) is -0.674. The predicted molar refractivity (Wildman–Crippen MR) is 115 cm³/mol. The van der Waals surface area contributed by atoms with Crippen LogP contribution in [0.4, 0.5) is 18.9 Å². The van der Waals surface area contributed by atoms with Crippen molar-refractivity contribution in [3.05, 3.63) is 68.4 Å². The average molecular weight is 520 g/mol. The number of nitrogens with zero attached hydrogens (tertiary/aromatic N) is 2. The number of aliphatic hydroxyl groups is 2. The SMILES string of the molecule is O=C(Nc1ccc2c(c1)C(O)(O)C=C2)c1sc(Sc2c(Cl)cncc2Cl)nc1C(F)(F)F. The molecule has 0 aliphatic heterocycles. The topological polar surface area (TPSA) is 95.3 Å². The van der Waals surface area contributed by atoms with Gasteiger partial charge in [0.15, 0.2) is 10.0 Å². The summed E-state index contributed by atoms with van der Waals surface area (Å²) in [7, 11) is 0. The largest absolute Gasteiger partial charge is 0.435 e. The van der Waals surface area contributed by atoms with E-state index in [4.69, 9.17) is 23.2 Å². The predicted octanol–water partition coefficient (Wildman–Crippen LogP) is 5.43. The van der Waals surface area contributed by atoms with Crippen LogP contribution in [0.1, 0.15) is 26.5 Å². The lowest BCUT2D eigenvalue weighted by Crippen LogP contribution is -2.21. The van der Waals surface area contributed by atoms with Gasteiger partial charge in [-0.05, 0) is 23.8 Å². The van der Waals surface area contributed by atoms with E-state index in [1.54, 1.807) is 0 Å². The zero-order valence-electron chi connectivity index (χ0n) is 15.4. The molecule has 0 radical (unpaired) electrons. The van der Waals surface area contributed by atoms with Crippen LogP contribution in [-0.4, -0.2) is 26.1 Å². The number of hydrogen-bond acceptors (Lipinski definition) is 7. The minimum absolute atomic E-state index is 0.0841. The number of thiazole rings is 1. The number of carbonyl (C=O) groups is 1. The van der Waals surface area contributed by atoms with Crippen molar-refractivity contribution >= 4 is 64.0 Å². The fourth-order valence-corrected chi connectivity index (χ4v) is 5.44. The van der Waals surface area contributed by atoms with Crippen LogP contribution in [0, 0.1) is 0 Å². The van der Waals surface area contributed by atoms with Crippen LogP contribution in [-0.2, 0) is 12.0 Å².